The van der Waals surface area contributed by atoms with Crippen molar-refractivity contribution in [3.05, 3.63) is 34.6 Å². The van der Waals surface area contributed by atoms with Crippen LogP contribution in [0.1, 0.15) is 19.4 Å². The molecule has 1 aliphatic rings. The van der Waals surface area contributed by atoms with E-state index in [0.717, 1.165) is 15.9 Å². The summed E-state index contributed by atoms with van der Waals surface area (Å²) in [5.41, 5.74) is -0.825. The van der Waals surface area contributed by atoms with E-state index in [1.54, 1.807) is 0 Å². The normalized spacial score (nSPS) is 18.7. The number of aliphatic hydroxyl groups is 1. The Morgan fingerprint density at radius 1 is 1.31 bits per heavy atom. The zero-order chi connectivity index (χ0) is 24.4. The molecule has 3 N–H and O–H groups in total. The van der Waals surface area contributed by atoms with Gasteiger partial charge in [0.25, 0.3) is 5.91 Å². The lowest BCUT2D eigenvalue weighted by Gasteiger charge is -2.38. The molecule has 0 fully saturated rings. The highest BCUT2D eigenvalue weighted by Crippen LogP contribution is 2.20. The molecule has 2 unspecified atom stereocenters. The van der Waals surface area contributed by atoms with Crippen molar-refractivity contribution in [2.45, 2.75) is 38.1 Å². The first kappa shape index (κ1) is 25.2. The number of halogens is 2. The number of nitrogens with one attached hydrogen (secondary N) is 2. The Morgan fingerprint density at radius 3 is 2.50 bits per heavy atom. The number of amidine groups is 1. The number of hydrogen-bond acceptors (Lipinski definition) is 6. The molecule has 2 atom stereocenters. The van der Waals surface area contributed by atoms with Crippen LogP contribution in [0.2, 0.25) is 5.02 Å². The number of rotatable bonds is 5. The Hall–Kier alpha value is -3.05. The SMILES string of the molecule is CN(C)C(=O)C(=O)NC(C)(C)C1=NC(C(=O)NCc2ccc(F)c(Cl)c2)C(O)C(=O)N1C. The van der Waals surface area contributed by atoms with Gasteiger partial charge in [-0.2, -0.15) is 0 Å². The maximum atomic E-state index is 13.3. The molecule has 0 saturated heterocycles. The van der Waals surface area contributed by atoms with Crippen molar-refractivity contribution < 1.29 is 28.7 Å². The predicted octanol–water partition coefficient (Wildman–Crippen LogP) is -0.322. The van der Waals surface area contributed by atoms with Crippen LogP contribution in [0, 0.1) is 5.82 Å². The lowest BCUT2D eigenvalue weighted by molar-refractivity contribution is -0.145. The van der Waals surface area contributed by atoms with Crippen LogP contribution in [0.5, 0.6) is 0 Å². The molecule has 1 heterocycles. The lowest BCUT2D eigenvalue weighted by Crippen LogP contribution is -2.64. The molecule has 4 amide bonds. The van der Waals surface area contributed by atoms with Crippen LogP contribution in [-0.2, 0) is 25.7 Å². The van der Waals surface area contributed by atoms with Gasteiger partial charge in [0.05, 0.1) is 10.6 Å². The standard InChI is InChI=1S/C20H25ClFN5O5/c1-20(2,25-16(30)18(32)26(3)4)19-24-13(14(28)17(31)27(19)5)15(29)23-9-10-6-7-12(22)11(21)8-10/h6-8,13-14,28H,9H2,1-5H3,(H,23,29)(H,25,30). The van der Waals surface area contributed by atoms with Crippen molar-refractivity contribution in [2.24, 2.45) is 4.99 Å². The van der Waals surface area contributed by atoms with Crippen LogP contribution in [0.15, 0.2) is 23.2 Å². The zero-order valence-electron chi connectivity index (χ0n) is 18.3. The highest BCUT2D eigenvalue weighted by Gasteiger charge is 2.44. The molecule has 0 spiro atoms. The van der Waals surface area contributed by atoms with Gasteiger partial charge in [-0.3, -0.25) is 29.1 Å². The molecule has 2 rings (SSSR count). The summed E-state index contributed by atoms with van der Waals surface area (Å²) in [5.74, 6) is -3.92. The van der Waals surface area contributed by atoms with Crippen LogP contribution in [-0.4, -0.2) is 83.2 Å². The molecule has 10 nitrogen and oxygen atoms in total. The van der Waals surface area contributed by atoms with E-state index in [9.17, 15) is 28.7 Å². The van der Waals surface area contributed by atoms with Gasteiger partial charge >= 0.3 is 11.8 Å². The maximum absolute atomic E-state index is 13.3. The van der Waals surface area contributed by atoms with Crippen molar-refractivity contribution in [2.75, 3.05) is 21.1 Å². The molecular weight excluding hydrogens is 445 g/mol. The highest BCUT2D eigenvalue weighted by atomic mass is 35.5. The lowest BCUT2D eigenvalue weighted by atomic mass is 9.97. The summed E-state index contributed by atoms with van der Waals surface area (Å²) in [7, 11) is 4.15. The Bertz CT molecular complexity index is 981. The first-order chi connectivity index (χ1) is 14.8. The number of hydrogen-bond donors (Lipinski definition) is 3. The molecule has 0 radical (unpaired) electrons. The minimum absolute atomic E-state index is 0.0160. The minimum Gasteiger partial charge on any atom is -0.380 e. The number of aliphatic hydroxyl groups excluding tert-OH is 1. The van der Waals surface area contributed by atoms with Crippen LogP contribution in [0.4, 0.5) is 4.39 Å². The molecule has 0 saturated carbocycles. The number of benzene rings is 1. The van der Waals surface area contributed by atoms with Gasteiger partial charge in [-0.05, 0) is 31.5 Å². The average Bonchev–Trinajstić information content (AvgIpc) is 2.71. The van der Waals surface area contributed by atoms with Gasteiger partial charge in [-0.1, -0.05) is 17.7 Å². The number of nitrogens with zero attached hydrogens (tertiary/aromatic N) is 3. The molecule has 0 aromatic heterocycles. The van der Waals surface area contributed by atoms with Crippen molar-refractivity contribution in [3.8, 4) is 0 Å². The van der Waals surface area contributed by atoms with E-state index in [-0.39, 0.29) is 17.4 Å². The number of carbonyl (C=O) groups excluding carboxylic acids is 4. The maximum Gasteiger partial charge on any atom is 0.311 e. The summed E-state index contributed by atoms with van der Waals surface area (Å²) < 4.78 is 13.3. The summed E-state index contributed by atoms with van der Waals surface area (Å²) in [6, 6.07) is 2.41. The van der Waals surface area contributed by atoms with Crippen molar-refractivity contribution in [3.63, 3.8) is 0 Å². The van der Waals surface area contributed by atoms with Crippen molar-refractivity contribution in [1.29, 1.82) is 0 Å². The van der Waals surface area contributed by atoms with Gasteiger partial charge in [0.15, 0.2) is 12.1 Å². The van der Waals surface area contributed by atoms with Gasteiger partial charge in [0, 0.05) is 27.7 Å². The molecule has 12 heteroatoms. The van der Waals surface area contributed by atoms with E-state index in [2.05, 4.69) is 15.6 Å². The fourth-order valence-electron chi connectivity index (χ4n) is 3.05. The summed E-state index contributed by atoms with van der Waals surface area (Å²) in [6.07, 6.45) is -1.75. The Morgan fingerprint density at radius 2 is 1.94 bits per heavy atom. The topological polar surface area (TPSA) is 131 Å². The van der Waals surface area contributed by atoms with Crippen LogP contribution < -0.4 is 10.6 Å². The van der Waals surface area contributed by atoms with Crippen molar-refractivity contribution >= 4 is 41.1 Å². The van der Waals surface area contributed by atoms with Crippen LogP contribution in [0.25, 0.3) is 0 Å². The van der Waals surface area contributed by atoms with Gasteiger partial charge in [0.2, 0.25) is 5.91 Å². The summed E-state index contributed by atoms with van der Waals surface area (Å²) >= 11 is 5.73. The van der Waals surface area contributed by atoms with Crippen molar-refractivity contribution in [1.82, 2.24) is 20.4 Å². The Labute approximate surface area is 189 Å². The van der Waals surface area contributed by atoms with E-state index >= 15 is 0 Å². The van der Waals surface area contributed by atoms with E-state index in [1.165, 1.54) is 47.1 Å². The van der Waals surface area contributed by atoms with E-state index in [0.29, 0.717) is 5.56 Å². The van der Waals surface area contributed by atoms with Gasteiger partial charge in [-0.25, -0.2) is 4.39 Å². The molecule has 32 heavy (non-hydrogen) atoms. The molecule has 1 aromatic carbocycles. The largest absolute Gasteiger partial charge is 0.380 e. The Balaban J connectivity index is 2.24. The van der Waals surface area contributed by atoms with Gasteiger partial charge in [0.1, 0.15) is 11.7 Å². The fourth-order valence-corrected chi connectivity index (χ4v) is 3.25. The van der Waals surface area contributed by atoms with E-state index in [1.807, 2.05) is 0 Å². The number of amides is 4. The van der Waals surface area contributed by atoms with Crippen LogP contribution in [0.3, 0.4) is 0 Å². The number of aliphatic imine (C=N–C) groups is 1. The van der Waals surface area contributed by atoms with Crippen LogP contribution >= 0.6 is 11.6 Å². The zero-order valence-corrected chi connectivity index (χ0v) is 19.0. The van der Waals surface area contributed by atoms with E-state index < -0.39 is 47.1 Å². The second kappa shape index (κ2) is 9.61. The monoisotopic (exact) mass is 469 g/mol. The van der Waals surface area contributed by atoms with Gasteiger partial charge in [-0.15, -0.1) is 0 Å². The third kappa shape index (κ3) is 5.40. The highest BCUT2D eigenvalue weighted by molar-refractivity contribution is 6.35. The van der Waals surface area contributed by atoms with Gasteiger partial charge < -0.3 is 20.6 Å². The quantitative estimate of drug-likeness (QED) is 0.508. The summed E-state index contributed by atoms with van der Waals surface area (Å²) in [5, 5.41) is 15.2. The third-order valence-electron chi connectivity index (χ3n) is 4.77. The average molecular weight is 470 g/mol. The first-order valence-electron chi connectivity index (χ1n) is 9.55. The Kier molecular flexibility index (Phi) is 7.58. The second-order valence-corrected chi connectivity index (χ2v) is 8.39. The predicted molar refractivity (Wildman–Crippen MR) is 114 cm³/mol. The molecule has 174 valence electrons. The summed E-state index contributed by atoms with van der Waals surface area (Å²) in [6.45, 7) is 2.96. The second-order valence-electron chi connectivity index (χ2n) is 7.98. The number of carbonyl (C=O) groups is 4. The molecule has 1 aromatic rings. The first-order valence-corrected chi connectivity index (χ1v) is 9.93. The fraction of sp³-hybridized carbons (Fsp3) is 0.450. The van der Waals surface area contributed by atoms with E-state index in [4.69, 9.17) is 11.6 Å². The third-order valence-corrected chi connectivity index (χ3v) is 5.06. The number of likely N-dealkylation sites (N-methyl/N-ethyl adjacent to an activating group) is 2. The summed E-state index contributed by atoms with van der Waals surface area (Å²) in [4.78, 5) is 55.6. The molecule has 1 aliphatic heterocycles. The molecule has 0 bridgehead atoms. The molecule has 0 aliphatic carbocycles. The smallest absolute Gasteiger partial charge is 0.311 e. The minimum atomic E-state index is -1.75. The molecular formula is C20H25ClFN5O5.